The van der Waals surface area contributed by atoms with Gasteiger partial charge < -0.3 is 10.2 Å². The second kappa shape index (κ2) is 4.82. The number of hydrogen-bond acceptors (Lipinski definition) is 4. The molecule has 1 N–H and O–H groups in total. The van der Waals surface area contributed by atoms with Crippen molar-refractivity contribution in [3.63, 3.8) is 0 Å². The third kappa shape index (κ3) is 2.44. The van der Waals surface area contributed by atoms with E-state index < -0.39 is 0 Å². The molecule has 1 saturated carbocycles. The van der Waals surface area contributed by atoms with Gasteiger partial charge in [0.1, 0.15) is 0 Å². The first-order valence-corrected chi connectivity index (χ1v) is 6.73. The lowest BCUT2D eigenvalue weighted by Gasteiger charge is -2.47. The number of hydrogen-bond donors (Lipinski definition) is 1. The van der Waals surface area contributed by atoms with E-state index in [9.17, 15) is 0 Å². The van der Waals surface area contributed by atoms with E-state index in [-0.39, 0.29) is 0 Å². The van der Waals surface area contributed by atoms with Crippen LogP contribution in [0.4, 0.5) is 0 Å². The average molecular weight is 239 g/mol. The minimum absolute atomic E-state index is 0.416. The van der Waals surface area contributed by atoms with Gasteiger partial charge in [0.15, 0.2) is 0 Å². The van der Waals surface area contributed by atoms with Crippen LogP contribution in [-0.4, -0.2) is 36.1 Å². The predicted octanol–water partition coefficient (Wildman–Crippen LogP) is 2.03. The molecule has 1 aromatic heterocycles. The molecule has 0 unspecified atom stereocenters. The van der Waals surface area contributed by atoms with Gasteiger partial charge in [0.05, 0.1) is 5.01 Å². The molecular formula is C12H21N3S. The average Bonchev–Trinajstić information content (AvgIpc) is 2.55. The Morgan fingerprint density at radius 3 is 2.69 bits per heavy atom. The van der Waals surface area contributed by atoms with E-state index in [0.29, 0.717) is 5.54 Å². The first kappa shape index (κ1) is 12.0. The van der Waals surface area contributed by atoms with Crippen LogP contribution < -0.4 is 5.32 Å². The third-order valence-corrected chi connectivity index (χ3v) is 4.57. The Hall–Kier alpha value is -0.450. The van der Waals surface area contributed by atoms with Gasteiger partial charge >= 0.3 is 0 Å². The van der Waals surface area contributed by atoms with Gasteiger partial charge in [-0.15, -0.1) is 11.3 Å². The van der Waals surface area contributed by atoms with Gasteiger partial charge in [-0.3, -0.25) is 0 Å². The van der Waals surface area contributed by atoms with Gasteiger partial charge in [-0.25, -0.2) is 4.98 Å². The van der Waals surface area contributed by atoms with Gasteiger partial charge in [-0.1, -0.05) is 0 Å². The Balaban J connectivity index is 1.79. The van der Waals surface area contributed by atoms with Crippen LogP contribution in [0.5, 0.6) is 0 Å². The van der Waals surface area contributed by atoms with E-state index in [2.05, 4.69) is 36.2 Å². The summed E-state index contributed by atoms with van der Waals surface area (Å²) in [5, 5.41) is 4.72. The SMILES string of the molecule is Cc1ncc(CNCC2(N(C)C)CCC2)s1. The van der Waals surface area contributed by atoms with Gasteiger partial charge in [-0.2, -0.15) is 0 Å². The first-order valence-electron chi connectivity index (χ1n) is 5.92. The van der Waals surface area contributed by atoms with Crippen molar-refractivity contribution in [2.75, 3.05) is 20.6 Å². The zero-order chi connectivity index (χ0) is 11.6. The van der Waals surface area contributed by atoms with Crippen molar-refractivity contribution in [2.24, 2.45) is 0 Å². The summed E-state index contributed by atoms with van der Waals surface area (Å²) < 4.78 is 0. The highest BCUT2D eigenvalue weighted by atomic mass is 32.1. The summed E-state index contributed by atoms with van der Waals surface area (Å²) in [5.74, 6) is 0. The highest BCUT2D eigenvalue weighted by Crippen LogP contribution is 2.35. The maximum absolute atomic E-state index is 4.27. The molecule has 0 radical (unpaired) electrons. The molecule has 0 bridgehead atoms. The standard InChI is InChI=1S/C12H21N3S/c1-10-14-8-11(16-10)7-13-9-12(15(2)3)5-4-6-12/h8,13H,4-7,9H2,1-3H3. The number of thiazole rings is 1. The molecule has 1 aliphatic carbocycles. The molecule has 0 aromatic carbocycles. The monoisotopic (exact) mass is 239 g/mol. The van der Waals surface area contributed by atoms with E-state index in [1.165, 1.54) is 24.1 Å². The third-order valence-electron chi connectivity index (χ3n) is 3.66. The molecule has 0 atom stereocenters. The maximum Gasteiger partial charge on any atom is 0.0897 e. The van der Waals surface area contributed by atoms with Gasteiger partial charge in [-0.05, 0) is 40.3 Å². The van der Waals surface area contributed by atoms with E-state index in [1.807, 2.05) is 6.20 Å². The van der Waals surface area contributed by atoms with Crippen LogP contribution in [0, 0.1) is 6.92 Å². The quantitative estimate of drug-likeness (QED) is 0.852. The van der Waals surface area contributed by atoms with E-state index in [0.717, 1.165) is 18.1 Å². The number of rotatable bonds is 5. The molecule has 1 fully saturated rings. The van der Waals surface area contributed by atoms with E-state index in [4.69, 9.17) is 0 Å². The maximum atomic E-state index is 4.27. The van der Waals surface area contributed by atoms with Crippen molar-refractivity contribution >= 4 is 11.3 Å². The summed E-state index contributed by atoms with van der Waals surface area (Å²) in [4.78, 5) is 7.98. The summed E-state index contributed by atoms with van der Waals surface area (Å²) in [6, 6.07) is 0. The van der Waals surface area contributed by atoms with Gasteiger partial charge in [0.25, 0.3) is 0 Å². The fraction of sp³-hybridized carbons (Fsp3) is 0.750. The number of nitrogens with zero attached hydrogens (tertiary/aromatic N) is 2. The fourth-order valence-electron chi connectivity index (χ4n) is 2.27. The molecular weight excluding hydrogens is 218 g/mol. The highest BCUT2D eigenvalue weighted by molar-refractivity contribution is 7.11. The molecule has 4 heteroatoms. The Bertz CT molecular complexity index is 342. The Morgan fingerprint density at radius 1 is 1.50 bits per heavy atom. The lowest BCUT2D eigenvalue weighted by Crippen LogP contribution is -2.56. The molecule has 2 rings (SSSR count). The van der Waals surface area contributed by atoms with Crippen LogP contribution in [0.2, 0.25) is 0 Å². The minimum atomic E-state index is 0.416. The van der Waals surface area contributed by atoms with Crippen molar-refractivity contribution in [2.45, 2.75) is 38.3 Å². The lowest BCUT2D eigenvalue weighted by atomic mass is 9.75. The van der Waals surface area contributed by atoms with Crippen LogP contribution in [0.15, 0.2) is 6.20 Å². The highest BCUT2D eigenvalue weighted by Gasteiger charge is 2.38. The molecule has 1 heterocycles. The lowest BCUT2D eigenvalue weighted by molar-refractivity contribution is 0.0599. The summed E-state index contributed by atoms with van der Waals surface area (Å²) in [5.41, 5.74) is 0.416. The zero-order valence-corrected chi connectivity index (χ0v) is 11.2. The van der Waals surface area contributed by atoms with Crippen molar-refractivity contribution in [1.82, 2.24) is 15.2 Å². The Kier molecular flexibility index (Phi) is 3.62. The van der Waals surface area contributed by atoms with Gasteiger partial charge in [0.2, 0.25) is 0 Å². The predicted molar refractivity (Wildman–Crippen MR) is 68.8 cm³/mol. The summed E-state index contributed by atoms with van der Waals surface area (Å²) >= 11 is 1.79. The van der Waals surface area contributed by atoms with Crippen molar-refractivity contribution in [3.8, 4) is 0 Å². The van der Waals surface area contributed by atoms with Crippen molar-refractivity contribution in [3.05, 3.63) is 16.1 Å². The molecule has 3 nitrogen and oxygen atoms in total. The van der Waals surface area contributed by atoms with Crippen LogP contribution >= 0.6 is 11.3 Å². The normalized spacial score (nSPS) is 18.8. The molecule has 0 amide bonds. The Morgan fingerprint density at radius 2 is 2.25 bits per heavy atom. The van der Waals surface area contributed by atoms with Crippen LogP contribution in [-0.2, 0) is 6.54 Å². The molecule has 90 valence electrons. The topological polar surface area (TPSA) is 28.2 Å². The Labute approximate surface area is 102 Å². The molecule has 0 saturated heterocycles. The van der Waals surface area contributed by atoms with E-state index in [1.54, 1.807) is 11.3 Å². The second-order valence-corrected chi connectivity index (χ2v) is 6.24. The van der Waals surface area contributed by atoms with Gasteiger partial charge in [0, 0.05) is 29.7 Å². The molecule has 0 spiro atoms. The fourth-order valence-corrected chi connectivity index (χ4v) is 3.04. The smallest absolute Gasteiger partial charge is 0.0897 e. The number of likely N-dealkylation sites (N-methyl/N-ethyl adjacent to an activating group) is 1. The summed E-state index contributed by atoms with van der Waals surface area (Å²) in [7, 11) is 4.38. The van der Waals surface area contributed by atoms with Crippen molar-refractivity contribution in [1.29, 1.82) is 0 Å². The number of nitrogens with one attached hydrogen (secondary N) is 1. The number of aryl methyl sites for hydroxylation is 1. The second-order valence-electron chi connectivity index (χ2n) is 4.92. The summed E-state index contributed by atoms with van der Waals surface area (Å²) in [6.45, 7) is 4.11. The molecule has 1 aromatic rings. The summed E-state index contributed by atoms with van der Waals surface area (Å²) in [6.07, 6.45) is 6.01. The van der Waals surface area contributed by atoms with Crippen LogP contribution in [0.1, 0.15) is 29.1 Å². The zero-order valence-electron chi connectivity index (χ0n) is 10.4. The molecule has 16 heavy (non-hydrogen) atoms. The van der Waals surface area contributed by atoms with Crippen molar-refractivity contribution < 1.29 is 0 Å². The van der Waals surface area contributed by atoms with E-state index >= 15 is 0 Å². The largest absolute Gasteiger partial charge is 0.310 e. The molecule has 1 aliphatic rings. The van der Waals surface area contributed by atoms with Crippen LogP contribution in [0.3, 0.4) is 0 Å². The first-order chi connectivity index (χ1) is 7.62. The number of aromatic nitrogens is 1. The van der Waals surface area contributed by atoms with Crippen LogP contribution in [0.25, 0.3) is 0 Å². The minimum Gasteiger partial charge on any atom is -0.310 e. The molecule has 0 aliphatic heterocycles.